The number of benzene rings is 1. The van der Waals surface area contributed by atoms with E-state index in [0.29, 0.717) is 18.0 Å². The lowest BCUT2D eigenvalue weighted by Crippen LogP contribution is -2.41. The molecule has 1 heterocycles. The van der Waals surface area contributed by atoms with E-state index in [1.807, 2.05) is 25.2 Å². The summed E-state index contributed by atoms with van der Waals surface area (Å²) in [5, 5.41) is 3.23. The number of nitrogens with zero attached hydrogens (tertiary/aromatic N) is 1. The molecule has 1 saturated heterocycles. The van der Waals surface area contributed by atoms with Crippen LogP contribution in [-0.2, 0) is 11.3 Å². The van der Waals surface area contributed by atoms with Crippen molar-refractivity contribution >= 4 is 5.91 Å². The van der Waals surface area contributed by atoms with E-state index in [-0.39, 0.29) is 11.9 Å². The van der Waals surface area contributed by atoms with Gasteiger partial charge in [0.2, 0.25) is 5.91 Å². The predicted octanol–water partition coefficient (Wildman–Crippen LogP) is 1.41. The van der Waals surface area contributed by atoms with E-state index in [1.165, 1.54) is 0 Å². The van der Waals surface area contributed by atoms with Gasteiger partial charge in [-0.1, -0.05) is 12.1 Å². The fourth-order valence-electron chi connectivity index (χ4n) is 2.57. The lowest BCUT2D eigenvalue weighted by Gasteiger charge is -2.22. The number of rotatable bonds is 5. The molecule has 1 atom stereocenters. The Balaban J connectivity index is 2.10. The minimum atomic E-state index is -0.0448. The van der Waals surface area contributed by atoms with Crippen molar-refractivity contribution < 1.29 is 14.3 Å². The third-order valence-corrected chi connectivity index (χ3v) is 3.63. The van der Waals surface area contributed by atoms with Gasteiger partial charge >= 0.3 is 0 Å². The Kier molecular flexibility index (Phi) is 4.84. The average molecular weight is 278 g/mol. The molecule has 110 valence electrons. The first-order valence-corrected chi connectivity index (χ1v) is 6.85. The summed E-state index contributed by atoms with van der Waals surface area (Å²) in [6, 6.07) is 5.66. The van der Waals surface area contributed by atoms with Crippen LogP contribution in [0.2, 0.25) is 0 Å². The number of hydrogen-bond acceptors (Lipinski definition) is 4. The molecule has 1 aliphatic rings. The minimum absolute atomic E-state index is 0.0448. The number of hydrogen-bond donors (Lipinski definition) is 1. The zero-order chi connectivity index (χ0) is 14.5. The summed E-state index contributed by atoms with van der Waals surface area (Å²) < 4.78 is 10.7. The van der Waals surface area contributed by atoms with Crippen molar-refractivity contribution in [2.45, 2.75) is 25.4 Å². The topological polar surface area (TPSA) is 50.8 Å². The van der Waals surface area contributed by atoms with Crippen molar-refractivity contribution in [1.29, 1.82) is 0 Å². The first-order chi connectivity index (χ1) is 9.67. The van der Waals surface area contributed by atoms with Gasteiger partial charge in [-0.3, -0.25) is 4.79 Å². The molecule has 1 amide bonds. The second kappa shape index (κ2) is 6.61. The Morgan fingerprint density at radius 2 is 2.20 bits per heavy atom. The fraction of sp³-hybridized carbons (Fsp3) is 0.533. The van der Waals surface area contributed by atoms with Crippen LogP contribution in [0.4, 0.5) is 0 Å². The molecule has 0 saturated carbocycles. The second-order valence-electron chi connectivity index (χ2n) is 5.00. The SMILES string of the molecule is COc1cccc(CN(C)C(=O)C2CCCN2)c1OC. The number of carbonyl (C=O) groups is 1. The van der Waals surface area contributed by atoms with Crippen LogP contribution in [-0.4, -0.2) is 44.7 Å². The molecule has 1 aromatic carbocycles. The first kappa shape index (κ1) is 14.7. The van der Waals surface area contributed by atoms with Crippen molar-refractivity contribution in [1.82, 2.24) is 10.2 Å². The van der Waals surface area contributed by atoms with Crippen LogP contribution < -0.4 is 14.8 Å². The maximum atomic E-state index is 12.3. The maximum Gasteiger partial charge on any atom is 0.239 e. The summed E-state index contributed by atoms with van der Waals surface area (Å²) in [7, 11) is 5.04. The van der Waals surface area contributed by atoms with Gasteiger partial charge in [0.15, 0.2) is 11.5 Å². The van der Waals surface area contributed by atoms with Gasteiger partial charge in [0.05, 0.1) is 20.3 Å². The summed E-state index contributed by atoms with van der Waals surface area (Å²) >= 11 is 0. The Bertz CT molecular complexity index is 470. The number of amides is 1. The van der Waals surface area contributed by atoms with Crippen LogP contribution in [0.5, 0.6) is 11.5 Å². The van der Waals surface area contributed by atoms with Gasteiger partial charge in [-0.2, -0.15) is 0 Å². The Morgan fingerprint density at radius 3 is 2.80 bits per heavy atom. The number of carbonyl (C=O) groups excluding carboxylic acids is 1. The zero-order valence-electron chi connectivity index (χ0n) is 12.3. The van der Waals surface area contributed by atoms with Gasteiger partial charge in [0.1, 0.15) is 0 Å². The van der Waals surface area contributed by atoms with E-state index in [4.69, 9.17) is 9.47 Å². The first-order valence-electron chi connectivity index (χ1n) is 6.85. The third-order valence-electron chi connectivity index (χ3n) is 3.63. The van der Waals surface area contributed by atoms with E-state index >= 15 is 0 Å². The summed E-state index contributed by atoms with van der Waals surface area (Å²) in [5.74, 6) is 1.51. The molecule has 1 unspecified atom stereocenters. The van der Waals surface area contributed by atoms with Gasteiger partial charge in [-0.15, -0.1) is 0 Å². The molecule has 0 spiro atoms. The molecule has 0 aromatic heterocycles. The van der Waals surface area contributed by atoms with E-state index in [1.54, 1.807) is 19.1 Å². The van der Waals surface area contributed by atoms with Crippen LogP contribution in [0, 0.1) is 0 Å². The van der Waals surface area contributed by atoms with E-state index in [0.717, 1.165) is 24.9 Å². The molecule has 0 bridgehead atoms. The smallest absolute Gasteiger partial charge is 0.239 e. The van der Waals surface area contributed by atoms with Crippen LogP contribution >= 0.6 is 0 Å². The van der Waals surface area contributed by atoms with Crippen molar-refractivity contribution in [3.05, 3.63) is 23.8 Å². The molecule has 0 aliphatic carbocycles. The maximum absolute atomic E-state index is 12.3. The standard InChI is InChI=1S/C15H22N2O3/c1-17(15(18)12-7-5-9-16-12)10-11-6-4-8-13(19-2)14(11)20-3/h4,6,8,12,16H,5,7,9-10H2,1-3H3. The molecule has 1 fully saturated rings. The largest absolute Gasteiger partial charge is 0.493 e. The summed E-state index contributed by atoms with van der Waals surface area (Å²) in [4.78, 5) is 14.0. The molecule has 5 nitrogen and oxygen atoms in total. The monoisotopic (exact) mass is 278 g/mol. The van der Waals surface area contributed by atoms with E-state index in [9.17, 15) is 4.79 Å². The molecule has 20 heavy (non-hydrogen) atoms. The zero-order valence-corrected chi connectivity index (χ0v) is 12.3. The molecule has 2 rings (SSSR count). The van der Waals surface area contributed by atoms with Crippen LogP contribution in [0.3, 0.4) is 0 Å². The van der Waals surface area contributed by atoms with Crippen molar-refractivity contribution in [2.75, 3.05) is 27.8 Å². The number of likely N-dealkylation sites (N-methyl/N-ethyl adjacent to an activating group) is 1. The highest BCUT2D eigenvalue weighted by Gasteiger charge is 2.25. The molecular formula is C15H22N2O3. The highest BCUT2D eigenvalue weighted by atomic mass is 16.5. The lowest BCUT2D eigenvalue weighted by molar-refractivity contribution is -0.132. The van der Waals surface area contributed by atoms with Gasteiger partial charge in [-0.05, 0) is 25.5 Å². The van der Waals surface area contributed by atoms with E-state index in [2.05, 4.69) is 5.32 Å². The van der Waals surface area contributed by atoms with Crippen LogP contribution in [0.1, 0.15) is 18.4 Å². The second-order valence-corrected chi connectivity index (χ2v) is 5.00. The van der Waals surface area contributed by atoms with Crippen LogP contribution in [0.15, 0.2) is 18.2 Å². The quantitative estimate of drug-likeness (QED) is 0.885. The number of methoxy groups -OCH3 is 2. The Labute approximate surface area is 119 Å². The van der Waals surface area contributed by atoms with Crippen molar-refractivity contribution in [3.8, 4) is 11.5 Å². The minimum Gasteiger partial charge on any atom is -0.493 e. The molecule has 5 heteroatoms. The molecule has 1 N–H and O–H groups in total. The molecular weight excluding hydrogens is 256 g/mol. The summed E-state index contributed by atoms with van der Waals surface area (Å²) in [6.07, 6.45) is 1.98. The van der Waals surface area contributed by atoms with Gasteiger partial charge < -0.3 is 19.7 Å². The third kappa shape index (κ3) is 3.04. The fourth-order valence-corrected chi connectivity index (χ4v) is 2.57. The van der Waals surface area contributed by atoms with Gasteiger partial charge in [0, 0.05) is 19.2 Å². The average Bonchev–Trinajstić information content (AvgIpc) is 3.00. The summed E-state index contributed by atoms with van der Waals surface area (Å²) in [5.41, 5.74) is 0.945. The lowest BCUT2D eigenvalue weighted by atomic mass is 10.1. The Hall–Kier alpha value is -1.75. The molecule has 1 aliphatic heterocycles. The number of ether oxygens (including phenoxy) is 2. The molecule has 1 aromatic rings. The molecule has 0 radical (unpaired) electrons. The van der Waals surface area contributed by atoms with E-state index < -0.39 is 0 Å². The summed E-state index contributed by atoms with van der Waals surface area (Å²) in [6.45, 7) is 1.43. The van der Waals surface area contributed by atoms with Crippen molar-refractivity contribution in [3.63, 3.8) is 0 Å². The van der Waals surface area contributed by atoms with Gasteiger partial charge in [-0.25, -0.2) is 0 Å². The Morgan fingerprint density at radius 1 is 1.40 bits per heavy atom. The predicted molar refractivity (Wildman–Crippen MR) is 77.0 cm³/mol. The van der Waals surface area contributed by atoms with Crippen molar-refractivity contribution in [2.24, 2.45) is 0 Å². The highest BCUT2D eigenvalue weighted by molar-refractivity contribution is 5.82. The highest BCUT2D eigenvalue weighted by Crippen LogP contribution is 2.31. The number of para-hydroxylation sites is 1. The number of nitrogens with one attached hydrogen (secondary N) is 1. The normalized spacial score (nSPS) is 17.9. The van der Waals surface area contributed by atoms with Crippen LogP contribution in [0.25, 0.3) is 0 Å². The van der Waals surface area contributed by atoms with Gasteiger partial charge in [0.25, 0.3) is 0 Å².